The zero-order valence-corrected chi connectivity index (χ0v) is 11.0. The third-order valence-electron chi connectivity index (χ3n) is 3.36. The second-order valence-corrected chi connectivity index (χ2v) is 5.65. The van der Waals surface area contributed by atoms with Crippen LogP contribution in [-0.4, -0.2) is 27.8 Å². The number of nitrogens with two attached hydrogens (primary N) is 1. The van der Waals surface area contributed by atoms with Crippen LogP contribution in [0.1, 0.15) is 35.8 Å². The molecule has 0 amide bonds. The molecule has 2 rings (SSSR count). The summed E-state index contributed by atoms with van der Waals surface area (Å²) in [6.45, 7) is 5.09. The summed E-state index contributed by atoms with van der Waals surface area (Å²) in [5, 5.41) is 4.71. The summed E-state index contributed by atoms with van der Waals surface area (Å²) < 4.78 is 2.25. The van der Waals surface area contributed by atoms with Gasteiger partial charge in [0.15, 0.2) is 0 Å². The molecule has 1 aliphatic rings. The van der Waals surface area contributed by atoms with Crippen LogP contribution in [0.25, 0.3) is 0 Å². The van der Waals surface area contributed by atoms with Gasteiger partial charge in [0.05, 0.1) is 11.7 Å². The summed E-state index contributed by atoms with van der Waals surface area (Å²) >= 11 is 2.04. The maximum Gasteiger partial charge on any atom is 0.0628 e. The Morgan fingerprint density at radius 3 is 2.94 bits per heavy atom. The Balaban J connectivity index is 2.19. The third-order valence-corrected chi connectivity index (χ3v) is 4.50. The van der Waals surface area contributed by atoms with E-state index in [0.29, 0.717) is 6.04 Å². The van der Waals surface area contributed by atoms with Gasteiger partial charge in [0.2, 0.25) is 0 Å². The van der Waals surface area contributed by atoms with Gasteiger partial charge < -0.3 is 5.73 Å². The molecule has 16 heavy (non-hydrogen) atoms. The SMILES string of the molecule is Cc1nn(C2CCSC2)c(C)c1CCCN. The standard InChI is InChI=1S/C12H21N3S/c1-9-12(4-3-6-13)10(2)15(14-9)11-5-7-16-8-11/h11H,3-8,13H2,1-2H3. The van der Waals surface area contributed by atoms with Crippen molar-refractivity contribution < 1.29 is 0 Å². The summed E-state index contributed by atoms with van der Waals surface area (Å²) in [6, 6.07) is 0.621. The number of aromatic nitrogens is 2. The Kier molecular flexibility index (Phi) is 3.92. The van der Waals surface area contributed by atoms with Crippen molar-refractivity contribution >= 4 is 11.8 Å². The van der Waals surface area contributed by atoms with Gasteiger partial charge in [-0.2, -0.15) is 16.9 Å². The summed E-state index contributed by atoms with van der Waals surface area (Å²) in [5.74, 6) is 2.50. The summed E-state index contributed by atoms with van der Waals surface area (Å²) in [5.41, 5.74) is 9.55. The largest absolute Gasteiger partial charge is 0.330 e. The number of rotatable bonds is 4. The van der Waals surface area contributed by atoms with Gasteiger partial charge in [0.25, 0.3) is 0 Å². The molecule has 2 heterocycles. The molecule has 0 aliphatic carbocycles. The highest BCUT2D eigenvalue weighted by molar-refractivity contribution is 7.99. The van der Waals surface area contributed by atoms with Gasteiger partial charge in [-0.1, -0.05) is 0 Å². The van der Waals surface area contributed by atoms with Gasteiger partial charge in [0.1, 0.15) is 0 Å². The Morgan fingerprint density at radius 2 is 2.31 bits per heavy atom. The lowest BCUT2D eigenvalue weighted by Gasteiger charge is -2.11. The van der Waals surface area contributed by atoms with Crippen molar-refractivity contribution in [2.24, 2.45) is 5.73 Å². The van der Waals surface area contributed by atoms with Gasteiger partial charge in [-0.15, -0.1) is 0 Å². The van der Waals surface area contributed by atoms with Crippen LogP contribution >= 0.6 is 11.8 Å². The molecule has 0 bridgehead atoms. The number of hydrogen-bond acceptors (Lipinski definition) is 3. The molecule has 1 unspecified atom stereocenters. The Morgan fingerprint density at radius 1 is 1.50 bits per heavy atom. The summed E-state index contributed by atoms with van der Waals surface area (Å²) in [6.07, 6.45) is 3.41. The van der Waals surface area contributed by atoms with Crippen LogP contribution in [0.3, 0.4) is 0 Å². The minimum Gasteiger partial charge on any atom is -0.330 e. The minimum atomic E-state index is 0.621. The zero-order valence-electron chi connectivity index (χ0n) is 10.2. The van der Waals surface area contributed by atoms with Crippen LogP contribution in [0.4, 0.5) is 0 Å². The van der Waals surface area contributed by atoms with Crippen molar-refractivity contribution in [3.63, 3.8) is 0 Å². The molecule has 1 aromatic heterocycles. The van der Waals surface area contributed by atoms with Crippen LogP contribution in [0.2, 0.25) is 0 Å². The first kappa shape index (κ1) is 12.0. The molecule has 1 aliphatic heterocycles. The van der Waals surface area contributed by atoms with Crippen LogP contribution in [-0.2, 0) is 6.42 Å². The topological polar surface area (TPSA) is 43.8 Å². The smallest absolute Gasteiger partial charge is 0.0628 e. The second kappa shape index (κ2) is 5.23. The van der Waals surface area contributed by atoms with Crippen molar-refractivity contribution in [2.75, 3.05) is 18.1 Å². The molecule has 1 atom stereocenters. The summed E-state index contributed by atoms with van der Waals surface area (Å²) in [7, 11) is 0. The average molecular weight is 239 g/mol. The maximum absolute atomic E-state index is 5.57. The van der Waals surface area contributed by atoms with Crippen LogP contribution in [0.15, 0.2) is 0 Å². The molecule has 0 aromatic carbocycles. The Labute approximate surface area is 102 Å². The predicted octanol–water partition coefficient (Wildman–Crippen LogP) is 2.07. The number of hydrogen-bond donors (Lipinski definition) is 1. The van der Waals surface area contributed by atoms with Gasteiger partial charge in [-0.05, 0) is 51.0 Å². The molecular weight excluding hydrogens is 218 g/mol. The molecular formula is C12H21N3S. The number of thioether (sulfide) groups is 1. The summed E-state index contributed by atoms with van der Waals surface area (Å²) in [4.78, 5) is 0. The highest BCUT2D eigenvalue weighted by Gasteiger charge is 2.22. The molecule has 0 radical (unpaired) electrons. The molecule has 3 nitrogen and oxygen atoms in total. The molecule has 2 N–H and O–H groups in total. The monoisotopic (exact) mass is 239 g/mol. The molecule has 1 aromatic rings. The fourth-order valence-corrected chi connectivity index (χ4v) is 3.59. The van der Waals surface area contributed by atoms with Crippen molar-refractivity contribution in [1.82, 2.24) is 9.78 Å². The van der Waals surface area contributed by atoms with Crippen molar-refractivity contribution in [3.05, 3.63) is 17.0 Å². The van der Waals surface area contributed by atoms with Gasteiger partial charge in [-0.3, -0.25) is 4.68 Å². The highest BCUT2D eigenvalue weighted by Crippen LogP contribution is 2.30. The molecule has 90 valence electrons. The second-order valence-electron chi connectivity index (χ2n) is 4.50. The fraction of sp³-hybridized carbons (Fsp3) is 0.750. The van der Waals surface area contributed by atoms with E-state index in [1.165, 1.54) is 34.9 Å². The van der Waals surface area contributed by atoms with E-state index in [1.807, 2.05) is 11.8 Å². The maximum atomic E-state index is 5.57. The van der Waals surface area contributed by atoms with Crippen molar-refractivity contribution in [3.8, 4) is 0 Å². The van der Waals surface area contributed by atoms with E-state index in [2.05, 4.69) is 18.5 Å². The Bertz CT molecular complexity index is 353. The van der Waals surface area contributed by atoms with E-state index in [9.17, 15) is 0 Å². The van der Waals surface area contributed by atoms with Gasteiger partial charge >= 0.3 is 0 Å². The molecule has 1 fully saturated rings. The lowest BCUT2D eigenvalue weighted by Crippen LogP contribution is -2.11. The quantitative estimate of drug-likeness (QED) is 0.875. The first-order valence-electron chi connectivity index (χ1n) is 6.06. The van der Waals surface area contributed by atoms with Gasteiger partial charge in [-0.25, -0.2) is 0 Å². The average Bonchev–Trinajstić information content (AvgIpc) is 2.86. The van der Waals surface area contributed by atoms with E-state index >= 15 is 0 Å². The first-order chi connectivity index (χ1) is 7.74. The van der Waals surface area contributed by atoms with Crippen LogP contribution < -0.4 is 5.73 Å². The number of nitrogens with zero attached hydrogens (tertiary/aromatic N) is 2. The molecule has 4 heteroatoms. The van der Waals surface area contributed by atoms with E-state index in [0.717, 1.165) is 19.4 Å². The molecule has 0 spiro atoms. The number of aryl methyl sites for hydroxylation is 1. The molecule has 1 saturated heterocycles. The lowest BCUT2D eigenvalue weighted by atomic mass is 10.1. The zero-order chi connectivity index (χ0) is 11.5. The molecule has 0 saturated carbocycles. The van der Waals surface area contributed by atoms with E-state index in [-0.39, 0.29) is 0 Å². The van der Waals surface area contributed by atoms with Crippen molar-refractivity contribution in [2.45, 2.75) is 39.2 Å². The van der Waals surface area contributed by atoms with E-state index < -0.39 is 0 Å². The lowest BCUT2D eigenvalue weighted by molar-refractivity contribution is 0.487. The normalized spacial score (nSPS) is 20.6. The van der Waals surface area contributed by atoms with Crippen molar-refractivity contribution in [1.29, 1.82) is 0 Å². The van der Waals surface area contributed by atoms with Crippen LogP contribution in [0, 0.1) is 13.8 Å². The third kappa shape index (κ3) is 2.28. The minimum absolute atomic E-state index is 0.621. The predicted molar refractivity (Wildman–Crippen MR) is 70.1 cm³/mol. The Hall–Kier alpha value is -0.480. The van der Waals surface area contributed by atoms with Gasteiger partial charge in [0, 0.05) is 11.4 Å². The van der Waals surface area contributed by atoms with E-state index in [1.54, 1.807) is 0 Å². The first-order valence-corrected chi connectivity index (χ1v) is 7.22. The van der Waals surface area contributed by atoms with Crippen LogP contribution in [0.5, 0.6) is 0 Å². The van der Waals surface area contributed by atoms with E-state index in [4.69, 9.17) is 10.8 Å². The highest BCUT2D eigenvalue weighted by atomic mass is 32.2. The fourth-order valence-electron chi connectivity index (χ4n) is 2.41.